The van der Waals surface area contributed by atoms with Crippen molar-refractivity contribution in [3.8, 4) is 0 Å². The fourth-order valence-corrected chi connectivity index (χ4v) is 8.14. The second-order valence-electron chi connectivity index (χ2n) is 8.29. The number of carbonyl (C=O) groups excluding carboxylic acids is 1. The van der Waals surface area contributed by atoms with Gasteiger partial charge in [-0.3, -0.25) is 4.79 Å². The van der Waals surface area contributed by atoms with Gasteiger partial charge in [0, 0.05) is 19.0 Å². The number of carbonyl (C=O) groups is 1. The molecular weight excluding hydrogens is 398 g/mol. The van der Waals surface area contributed by atoms with E-state index in [4.69, 9.17) is 4.52 Å². The molecule has 1 aliphatic carbocycles. The Hall–Kier alpha value is -1.74. The smallest absolute Gasteiger partial charge is 0.264 e. The van der Waals surface area contributed by atoms with Gasteiger partial charge >= 0.3 is 0 Å². The summed E-state index contributed by atoms with van der Waals surface area (Å²) in [7, 11) is -3.32. The van der Waals surface area contributed by atoms with Gasteiger partial charge < -0.3 is 9.42 Å². The summed E-state index contributed by atoms with van der Waals surface area (Å²) in [6.45, 7) is 2.31. The molecular formula is C19H23N3O4S2. The van der Waals surface area contributed by atoms with E-state index in [-0.39, 0.29) is 30.7 Å². The molecule has 2 aliphatic heterocycles. The van der Waals surface area contributed by atoms with Crippen molar-refractivity contribution in [3.05, 3.63) is 33.6 Å². The number of thiophene rings is 1. The van der Waals surface area contributed by atoms with Crippen molar-refractivity contribution in [1.29, 1.82) is 0 Å². The van der Waals surface area contributed by atoms with Crippen LogP contribution in [0.2, 0.25) is 0 Å². The van der Waals surface area contributed by atoms with Crippen LogP contribution in [0.15, 0.2) is 16.0 Å². The van der Waals surface area contributed by atoms with E-state index in [1.54, 1.807) is 4.90 Å². The fraction of sp³-hybridized carbons (Fsp3) is 0.632. The highest BCUT2D eigenvalue weighted by Gasteiger charge is 2.64. The Balaban J connectivity index is 1.40. The van der Waals surface area contributed by atoms with Crippen LogP contribution in [0.25, 0.3) is 0 Å². The summed E-state index contributed by atoms with van der Waals surface area (Å²) in [5.41, 5.74) is 0.930. The van der Waals surface area contributed by atoms with Gasteiger partial charge in [0.2, 0.25) is 5.89 Å². The first kappa shape index (κ1) is 18.3. The van der Waals surface area contributed by atoms with Crippen molar-refractivity contribution in [2.45, 2.75) is 55.6 Å². The minimum Gasteiger partial charge on any atom is -0.339 e. The molecule has 5 rings (SSSR count). The van der Waals surface area contributed by atoms with Crippen LogP contribution in [0.5, 0.6) is 0 Å². The van der Waals surface area contributed by atoms with Gasteiger partial charge in [0.1, 0.15) is 4.75 Å². The lowest BCUT2D eigenvalue weighted by atomic mass is 9.83. The largest absolute Gasteiger partial charge is 0.339 e. The molecule has 3 fully saturated rings. The maximum atomic E-state index is 12.9. The first-order chi connectivity index (χ1) is 13.4. The Morgan fingerprint density at radius 3 is 2.71 bits per heavy atom. The van der Waals surface area contributed by atoms with Crippen LogP contribution in [-0.4, -0.2) is 53.0 Å². The molecule has 0 aromatic carbocycles. The number of sulfone groups is 1. The molecule has 0 bridgehead atoms. The number of hydrogen-bond acceptors (Lipinski definition) is 7. The predicted molar refractivity (Wildman–Crippen MR) is 104 cm³/mol. The maximum absolute atomic E-state index is 12.9. The SMILES string of the molecule is Cc1ccsc1C(=O)N1CC2(C1)C(c1nc(C3CCCC3)no1)CCS2(=O)=O. The molecule has 1 saturated carbocycles. The summed E-state index contributed by atoms with van der Waals surface area (Å²) < 4.78 is 30.4. The number of nitrogens with zero attached hydrogens (tertiary/aromatic N) is 3. The number of aryl methyl sites for hydroxylation is 1. The van der Waals surface area contributed by atoms with Gasteiger partial charge in [0.15, 0.2) is 15.7 Å². The number of likely N-dealkylation sites (tertiary alicyclic amines) is 1. The molecule has 2 aromatic heterocycles. The van der Waals surface area contributed by atoms with Crippen LogP contribution < -0.4 is 0 Å². The van der Waals surface area contributed by atoms with Crippen molar-refractivity contribution in [3.63, 3.8) is 0 Å². The highest BCUT2D eigenvalue weighted by Crippen LogP contribution is 2.50. The minimum atomic E-state index is -3.32. The molecule has 0 N–H and O–H groups in total. The molecule has 7 nitrogen and oxygen atoms in total. The fourth-order valence-electron chi connectivity index (χ4n) is 4.94. The highest BCUT2D eigenvalue weighted by atomic mass is 32.2. The van der Waals surface area contributed by atoms with E-state index < -0.39 is 14.6 Å². The number of hydrogen-bond donors (Lipinski definition) is 0. The van der Waals surface area contributed by atoms with E-state index in [9.17, 15) is 13.2 Å². The molecule has 2 saturated heterocycles. The summed E-state index contributed by atoms with van der Waals surface area (Å²) in [5, 5.41) is 6.05. The lowest BCUT2D eigenvalue weighted by Crippen LogP contribution is -2.67. The Kier molecular flexibility index (Phi) is 4.17. The van der Waals surface area contributed by atoms with Gasteiger partial charge in [-0.05, 0) is 43.2 Å². The zero-order chi connectivity index (χ0) is 19.5. The first-order valence-electron chi connectivity index (χ1n) is 9.80. The van der Waals surface area contributed by atoms with Crippen LogP contribution in [0.4, 0.5) is 0 Å². The molecule has 1 spiro atoms. The molecule has 1 amide bonds. The number of aromatic nitrogens is 2. The second-order valence-corrected chi connectivity index (χ2v) is 11.7. The number of amides is 1. The zero-order valence-electron chi connectivity index (χ0n) is 15.8. The third-order valence-corrected chi connectivity index (χ3v) is 10.2. The van der Waals surface area contributed by atoms with Crippen LogP contribution in [0.3, 0.4) is 0 Å². The molecule has 9 heteroatoms. The monoisotopic (exact) mass is 421 g/mol. The molecule has 3 aliphatic rings. The second kappa shape index (κ2) is 6.38. The molecule has 1 atom stereocenters. The van der Waals surface area contributed by atoms with Crippen molar-refractivity contribution >= 4 is 27.1 Å². The van der Waals surface area contributed by atoms with E-state index in [2.05, 4.69) is 10.1 Å². The van der Waals surface area contributed by atoms with Crippen LogP contribution in [0, 0.1) is 6.92 Å². The summed E-state index contributed by atoms with van der Waals surface area (Å²) in [4.78, 5) is 19.7. The predicted octanol–water partition coefficient (Wildman–Crippen LogP) is 2.89. The molecule has 1 unspecified atom stereocenters. The van der Waals surface area contributed by atoms with Crippen molar-refractivity contribution < 1.29 is 17.7 Å². The lowest BCUT2D eigenvalue weighted by molar-refractivity contribution is 0.0508. The van der Waals surface area contributed by atoms with Gasteiger partial charge in [0.05, 0.1) is 16.5 Å². The molecule has 0 radical (unpaired) electrons. The van der Waals surface area contributed by atoms with Gasteiger partial charge in [-0.25, -0.2) is 8.42 Å². The Labute approximate surface area is 168 Å². The van der Waals surface area contributed by atoms with E-state index in [1.807, 2.05) is 18.4 Å². The van der Waals surface area contributed by atoms with Crippen molar-refractivity contribution in [1.82, 2.24) is 15.0 Å². The highest BCUT2D eigenvalue weighted by molar-refractivity contribution is 7.93. The molecule has 4 heterocycles. The van der Waals surface area contributed by atoms with Gasteiger partial charge in [0.25, 0.3) is 5.91 Å². The standard InChI is InChI=1S/C19H23N3O4S2/c1-12-6-8-27-15(12)18(23)22-10-19(11-22)14(7-9-28(19,24)25)17-20-16(21-26-17)13-4-2-3-5-13/h6,8,13-14H,2-5,7,9-11H2,1H3. The quantitative estimate of drug-likeness (QED) is 0.756. The molecule has 2 aromatic rings. The zero-order valence-corrected chi connectivity index (χ0v) is 17.4. The average molecular weight is 422 g/mol. The number of rotatable bonds is 3. The van der Waals surface area contributed by atoms with Gasteiger partial charge in [-0.1, -0.05) is 18.0 Å². The summed E-state index contributed by atoms with van der Waals surface area (Å²) in [6, 6.07) is 1.91. The summed E-state index contributed by atoms with van der Waals surface area (Å²) in [6.07, 6.45) is 4.96. The topological polar surface area (TPSA) is 93.4 Å². The lowest BCUT2D eigenvalue weighted by Gasteiger charge is -2.48. The van der Waals surface area contributed by atoms with E-state index in [0.29, 0.717) is 28.9 Å². The van der Waals surface area contributed by atoms with E-state index in [1.165, 1.54) is 24.2 Å². The van der Waals surface area contributed by atoms with Crippen molar-refractivity contribution in [2.24, 2.45) is 0 Å². The van der Waals surface area contributed by atoms with Gasteiger partial charge in [-0.15, -0.1) is 11.3 Å². The summed E-state index contributed by atoms with van der Waals surface area (Å²) in [5.74, 6) is 1.17. The Bertz CT molecular complexity index is 1010. The first-order valence-corrected chi connectivity index (χ1v) is 12.3. The molecule has 150 valence electrons. The van der Waals surface area contributed by atoms with Crippen LogP contribution >= 0.6 is 11.3 Å². The Morgan fingerprint density at radius 1 is 1.29 bits per heavy atom. The van der Waals surface area contributed by atoms with Crippen LogP contribution in [0.1, 0.15) is 70.9 Å². The third-order valence-electron chi connectivity index (χ3n) is 6.67. The normalized spacial score (nSPS) is 26.0. The van der Waals surface area contributed by atoms with Crippen LogP contribution in [-0.2, 0) is 9.84 Å². The average Bonchev–Trinajstić information content (AvgIpc) is 3.38. The minimum absolute atomic E-state index is 0.0869. The third kappa shape index (κ3) is 2.58. The maximum Gasteiger partial charge on any atom is 0.264 e. The van der Waals surface area contributed by atoms with Crippen molar-refractivity contribution in [2.75, 3.05) is 18.8 Å². The Morgan fingerprint density at radius 2 is 2.04 bits per heavy atom. The molecule has 28 heavy (non-hydrogen) atoms. The van der Waals surface area contributed by atoms with E-state index >= 15 is 0 Å². The van der Waals surface area contributed by atoms with Gasteiger partial charge in [-0.2, -0.15) is 4.98 Å². The summed E-state index contributed by atoms with van der Waals surface area (Å²) >= 11 is 1.40. The van der Waals surface area contributed by atoms with E-state index in [0.717, 1.165) is 18.4 Å².